The zero-order valence-corrected chi connectivity index (χ0v) is 45.6. The van der Waals surface area contributed by atoms with Gasteiger partial charge in [-0.3, -0.25) is 14.4 Å². The van der Waals surface area contributed by atoms with Gasteiger partial charge in [-0.1, -0.05) is 176 Å². The summed E-state index contributed by atoms with van der Waals surface area (Å²) < 4.78 is 28.3. The maximum Gasteiger partial charge on any atom is 0.335 e. The van der Waals surface area contributed by atoms with Crippen molar-refractivity contribution in [3.05, 3.63) is 85.1 Å². The van der Waals surface area contributed by atoms with E-state index in [1.54, 1.807) is 0 Å². The first-order chi connectivity index (χ1) is 35.6. The van der Waals surface area contributed by atoms with E-state index < -0.39 is 67.3 Å². The van der Waals surface area contributed by atoms with E-state index in [1.807, 2.05) is 0 Å². The number of allylic oxidation sites excluding steroid dienone is 14. The van der Waals surface area contributed by atoms with Crippen LogP contribution in [0.15, 0.2) is 85.1 Å². The molecule has 0 bridgehead atoms. The van der Waals surface area contributed by atoms with Crippen LogP contribution in [0.1, 0.15) is 226 Å². The van der Waals surface area contributed by atoms with Gasteiger partial charge in [0.05, 0.1) is 6.61 Å². The molecule has 416 valence electrons. The molecule has 3 N–H and O–H groups in total. The molecule has 1 aliphatic rings. The molecule has 12 heteroatoms. The van der Waals surface area contributed by atoms with E-state index in [0.717, 1.165) is 128 Å². The standard InChI is InChI=1S/C61H100O12/c1-4-7-10-13-16-19-22-25-27-30-32-35-38-41-44-47-53(62)69-50-52(71-54(63)48-45-42-39-36-34-31-28-26-23-20-17-14-11-8-5-2)51-70-61-59(57(66)56(65)58(73-61)60(67)68)72-55(64)49-46-43-40-37-33-29-24-21-18-15-12-9-6-3/h9,12,16-21,25-29,33,52,56-59,61,65-66H,4-8,10-11,13-15,22-24,30-32,34-51H2,1-3H3,(H,67,68)/b12-9-,19-16-,20-17-,21-18-,27-25-,28-26-,33-29-. The molecule has 12 nitrogen and oxygen atoms in total. The molecule has 6 atom stereocenters. The monoisotopic (exact) mass is 1020 g/mol. The SMILES string of the molecule is CC/C=C\C/C=C\C/C=C\CCCCCC(=O)OC1C(OCC(COC(=O)CCCCCCC/C=C\C/C=C\CCCCC)OC(=O)CCCCCCC/C=C\C/C=C\CCCCC)OC(C(=O)O)C(O)C1O. The van der Waals surface area contributed by atoms with Crippen LogP contribution in [-0.2, 0) is 42.9 Å². The number of aliphatic hydroxyl groups excluding tert-OH is 2. The van der Waals surface area contributed by atoms with Gasteiger partial charge in [0.2, 0.25) is 0 Å². The van der Waals surface area contributed by atoms with Gasteiger partial charge in [0, 0.05) is 19.3 Å². The minimum absolute atomic E-state index is 0.0190. The highest BCUT2D eigenvalue weighted by Gasteiger charge is 2.50. The molecular formula is C61H100O12. The lowest BCUT2D eigenvalue weighted by Gasteiger charge is -2.40. The molecule has 0 saturated carbocycles. The maximum atomic E-state index is 13.1. The van der Waals surface area contributed by atoms with Crippen molar-refractivity contribution in [2.45, 2.75) is 263 Å². The zero-order chi connectivity index (χ0) is 53.3. The van der Waals surface area contributed by atoms with E-state index in [-0.39, 0.29) is 25.9 Å². The second-order valence-electron chi connectivity index (χ2n) is 19.2. The predicted molar refractivity (Wildman–Crippen MR) is 294 cm³/mol. The van der Waals surface area contributed by atoms with Crippen molar-refractivity contribution in [3.8, 4) is 0 Å². The summed E-state index contributed by atoms with van der Waals surface area (Å²) in [6.07, 6.45) is 49.8. The van der Waals surface area contributed by atoms with Crippen LogP contribution in [0.3, 0.4) is 0 Å². The van der Waals surface area contributed by atoms with E-state index in [1.165, 1.54) is 38.5 Å². The second kappa shape index (κ2) is 48.8. The summed E-state index contributed by atoms with van der Waals surface area (Å²) in [5.74, 6) is -3.20. The number of carbonyl (C=O) groups is 4. The fraction of sp³-hybridized carbons (Fsp3) is 0.705. The lowest BCUT2D eigenvalue weighted by Crippen LogP contribution is -2.61. The van der Waals surface area contributed by atoms with E-state index >= 15 is 0 Å². The normalized spacial score (nSPS) is 18.9. The number of carbonyl (C=O) groups excluding carboxylic acids is 3. The summed E-state index contributed by atoms with van der Waals surface area (Å²) >= 11 is 0. The van der Waals surface area contributed by atoms with Gasteiger partial charge < -0.3 is 39.0 Å². The first kappa shape index (κ1) is 66.9. The van der Waals surface area contributed by atoms with E-state index in [9.17, 15) is 34.5 Å². The van der Waals surface area contributed by atoms with Crippen LogP contribution < -0.4 is 0 Å². The number of carboxylic acid groups (broad SMARTS) is 1. The van der Waals surface area contributed by atoms with Crippen molar-refractivity contribution in [3.63, 3.8) is 0 Å². The van der Waals surface area contributed by atoms with Crippen LogP contribution in [0.4, 0.5) is 0 Å². The largest absolute Gasteiger partial charge is 0.479 e. The number of carboxylic acids is 1. The summed E-state index contributed by atoms with van der Waals surface area (Å²) in [5.41, 5.74) is 0. The smallest absolute Gasteiger partial charge is 0.335 e. The third-order valence-corrected chi connectivity index (χ3v) is 12.4. The molecule has 0 aromatic heterocycles. The van der Waals surface area contributed by atoms with Crippen LogP contribution in [0.5, 0.6) is 0 Å². The van der Waals surface area contributed by atoms with Crippen molar-refractivity contribution in [1.29, 1.82) is 0 Å². The molecule has 1 rings (SSSR count). The van der Waals surface area contributed by atoms with Crippen molar-refractivity contribution >= 4 is 23.9 Å². The highest BCUT2D eigenvalue weighted by molar-refractivity contribution is 5.74. The molecule has 1 saturated heterocycles. The number of ether oxygens (including phenoxy) is 5. The Labute approximate surface area is 441 Å². The van der Waals surface area contributed by atoms with Gasteiger partial charge in [0.1, 0.15) is 18.8 Å². The topological polar surface area (TPSA) is 175 Å². The fourth-order valence-electron chi connectivity index (χ4n) is 8.03. The van der Waals surface area contributed by atoms with Crippen molar-refractivity contribution < 1.29 is 58.2 Å². The Morgan fingerprint density at radius 2 is 0.863 bits per heavy atom. The highest BCUT2D eigenvalue weighted by Crippen LogP contribution is 2.26. The third kappa shape index (κ3) is 39.0. The molecule has 73 heavy (non-hydrogen) atoms. The van der Waals surface area contributed by atoms with E-state index in [2.05, 4.69) is 106 Å². The molecule has 0 aromatic rings. The first-order valence-corrected chi connectivity index (χ1v) is 28.6. The Hall–Kier alpha value is -4.10. The number of rotatable bonds is 47. The third-order valence-electron chi connectivity index (χ3n) is 12.4. The Bertz CT molecular complexity index is 1590. The van der Waals surface area contributed by atoms with Crippen LogP contribution in [0.25, 0.3) is 0 Å². The van der Waals surface area contributed by atoms with E-state index in [0.29, 0.717) is 19.3 Å². The van der Waals surface area contributed by atoms with Crippen LogP contribution in [-0.4, -0.2) is 89.2 Å². The summed E-state index contributed by atoms with van der Waals surface area (Å²) in [6, 6.07) is 0. The van der Waals surface area contributed by atoms with Crippen molar-refractivity contribution in [2.75, 3.05) is 13.2 Å². The molecule has 0 aliphatic carbocycles. The molecule has 6 unspecified atom stereocenters. The average Bonchev–Trinajstić information content (AvgIpc) is 3.37. The lowest BCUT2D eigenvalue weighted by atomic mass is 9.98. The molecule has 1 fully saturated rings. The summed E-state index contributed by atoms with van der Waals surface area (Å²) in [5, 5.41) is 31.4. The Morgan fingerprint density at radius 1 is 0.466 bits per heavy atom. The lowest BCUT2D eigenvalue weighted by molar-refractivity contribution is -0.301. The van der Waals surface area contributed by atoms with Crippen molar-refractivity contribution in [2.24, 2.45) is 0 Å². The number of aliphatic hydroxyl groups is 2. The summed E-state index contributed by atoms with van der Waals surface area (Å²) in [4.78, 5) is 51.0. The average molecular weight is 1030 g/mol. The van der Waals surface area contributed by atoms with Crippen LogP contribution >= 0.6 is 0 Å². The first-order valence-electron chi connectivity index (χ1n) is 28.6. The molecule has 1 heterocycles. The summed E-state index contributed by atoms with van der Waals surface area (Å²) in [6.45, 7) is 5.77. The molecular weight excluding hydrogens is 925 g/mol. The minimum Gasteiger partial charge on any atom is -0.479 e. The second-order valence-corrected chi connectivity index (χ2v) is 19.2. The maximum absolute atomic E-state index is 13.1. The van der Waals surface area contributed by atoms with Crippen LogP contribution in [0.2, 0.25) is 0 Å². The number of aliphatic carboxylic acids is 1. The van der Waals surface area contributed by atoms with Crippen LogP contribution in [0, 0.1) is 0 Å². The fourth-order valence-corrected chi connectivity index (χ4v) is 8.03. The van der Waals surface area contributed by atoms with Gasteiger partial charge in [-0.15, -0.1) is 0 Å². The van der Waals surface area contributed by atoms with E-state index in [4.69, 9.17) is 23.7 Å². The van der Waals surface area contributed by atoms with Gasteiger partial charge in [0.15, 0.2) is 24.6 Å². The Morgan fingerprint density at radius 3 is 1.33 bits per heavy atom. The number of esters is 3. The molecule has 0 amide bonds. The highest BCUT2D eigenvalue weighted by atomic mass is 16.7. The Balaban J connectivity index is 2.75. The predicted octanol–water partition coefficient (Wildman–Crippen LogP) is 14.3. The van der Waals surface area contributed by atoms with Gasteiger partial charge in [0.25, 0.3) is 0 Å². The number of unbranched alkanes of at least 4 members (excludes halogenated alkanes) is 19. The van der Waals surface area contributed by atoms with Gasteiger partial charge in [-0.05, 0) is 116 Å². The van der Waals surface area contributed by atoms with Gasteiger partial charge >= 0.3 is 23.9 Å². The van der Waals surface area contributed by atoms with Crippen molar-refractivity contribution in [1.82, 2.24) is 0 Å². The van der Waals surface area contributed by atoms with Gasteiger partial charge in [-0.2, -0.15) is 0 Å². The van der Waals surface area contributed by atoms with Gasteiger partial charge in [-0.25, -0.2) is 4.79 Å². The molecule has 0 aromatic carbocycles. The molecule has 0 spiro atoms. The molecule has 0 radical (unpaired) electrons. The minimum atomic E-state index is -1.92. The molecule has 1 aliphatic heterocycles. The quantitative estimate of drug-likeness (QED) is 0.0228. The summed E-state index contributed by atoms with van der Waals surface area (Å²) in [7, 11) is 0. The zero-order valence-electron chi connectivity index (χ0n) is 45.6. The number of hydrogen-bond donors (Lipinski definition) is 3. The number of hydrogen-bond acceptors (Lipinski definition) is 11. The Kier molecular flexibility index (Phi) is 44.7.